The van der Waals surface area contributed by atoms with Crippen LogP contribution in [0.5, 0.6) is 0 Å². The topological polar surface area (TPSA) is 161 Å². The molecule has 1 aromatic heterocycles. The molecule has 0 unspecified atom stereocenters. The van der Waals surface area contributed by atoms with Crippen molar-refractivity contribution in [1.82, 2.24) is 10.0 Å². The van der Waals surface area contributed by atoms with Crippen LogP contribution in [0.1, 0.15) is 32.9 Å². The fraction of sp³-hybridized carbons (Fsp3) is 0.500. The van der Waals surface area contributed by atoms with E-state index in [0.717, 1.165) is 16.4 Å². The molecule has 1 aliphatic rings. The second-order valence-electron chi connectivity index (χ2n) is 6.87. The Morgan fingerprint density at radius 2 is 2.07 bits per heavy atom. The molecule has 1 aliphatic heterocycles. The lowest BCUT2D eigenvalue weighted by Gasteiger charge is -2.52. The molecule has 1 fully saturated rings. The molecule has 2 heterocycles. The van der Waals surface area contributed by atoms with Crippen molar-refractivity contribution in [3.05, 3.63) is 11.1 Å². The lowest BCUT2D eigenvalue weighted by molar-refractivity contribution is -0.264. The van der Waals surface area contributed by atoms with Gasteiger partial charge in [-0.25, -0.2) is 14.8 Å². The van der Waals surface area contributed by atoms with Crippen molar-refractivity contribution in [3.8, 4) is 0 Å². The van der Waals surface area contributed by atoms with Gasteiger partial charge in [-0.3, -0.25) is 19.2 Å². The Morgan fingerprint density at radius 3 is 2.53 bits per heavy atom. The average Bonchev–Trinajstić information content (AvgIpc) is 3.05. The molecule has 2 rings (SSSR count). The monoisotopic (exact) mass is 448 g/mol. The van der Waals surface area contributed by atoms with E-state index in [1.54, 1.807) is 13.8 Å². The predicted molar refractivity (Wildman–Crippen MR) is 97.4 cm³/mol. The van der Waals surface area contributed by atoms with Gasteiger partial charge in [0.15, 0.2) is 22.4 Å². The number of ketones is 2. The number of carbonyl (C=O) groups is 4. The Bertz CT molecular complexity index is 915. The van der Waals surface area contributed by atoms with E-state index in [2.05, 4.69) is 15.0 Å². The number of aliphatic carboxylic acids is 1. The molecule has 0 aliphatic carbocycles. The molecule has 30 heavy (non-hydrogen) atoms. The van der Waals surface area contributed by atoms with Crippen molar-refractivity contribution in [2.45, 2.75) is 38.8 Å². The van der Waals surface area contributed by atoms with Gasteiger partial charge in [0.2, 0.25) is 0 Å². The first-order valence-corrected chi connectivity index (χ1v) is 9.23. The number of rotatable bonds is 10. The van der Waals surface area contributed by atoms with Gasteiger partial charge in [-0.2, -0.15) is 8.78 Å². The molecule has 0 radical (unpaired) electrons. The van der Waals surface area contributed by atoms with Crippen LogP contribution in [-0.2, 0) is 28.9 Å². The Balaban J connectivity index is 2.22. The third kappa shape index (κ3) is 4.76. The van der Waals surface area contributed by atoms with Crippen LogP contribution in [0.15, 0.2) is 10.5 Å². The summed E-state index contributed by atoms with van der Waals surface area (Å²) in [5.74, 6) is -5.34. The van der Waals surface area contributed by atoms with Crippen molar-refractivity contribution in [1.29, 1.82) is 0 Å². The number of carboxylic acid groups (broad SMARTS) is 1. The predicted octanol–water partition coefficient (Wildman–Crippen LogP) is 0.840. The number of Topliss-reactive ketones (excluding diaryl/α,β-unsaturated/α-hetero) is 2. The first-order chi connectivity index (χ1) is 13.8. The Kier molecular flexibility index (Phi) is 6.51. The number of nitrogens with two attached hydrogens (primary N) is 1. The minimum absolute atomic E-state index is 0.000599. The molecular formula is C16H18F2N4O7S. The van der Waals surface area contributed by atoms with Crippen molar-refractivity contribution in [2.24, 2.45) is 11.1 Å². The first kappa shape index (κ1) is 23.3. The fourth-order valence-corrected chi connectivity index (χ4v) is 3.13. The summed E-state index contributed by atoms with van der Waals surface area (Å²) in [4.78, 5) is 59.2. The van der Waals surface area contributed by atoms with E-state index < -0.39 is 47.4 Å². The van der Waals surface area contributed by atoms with Crippen molar-refractivity contribution in [2.75, 3.05) is 12.3 Å². The third-order valence-corrected chi connectivity index (χ3v) is 4.86. The molecule has 1 aromatic rings. The summed E-state index contributed by atoms with van der Waals surface area (Å²) in [6.07, 6.45) is -5.17. The highest BCUT2D eigenvalue weighted by Gasteiger charge is 2.56. The number of nitrogens with zero attached hydrogens (tertiary/aromatic N) is 3. The van der Waals surface area contributed by atoms with Crippen LogP contribution >= 0.6 is 11.3 Å². The maximum absolute atomic E-state index is 13.2. The standard InChI is InChI=1S/C16H18F2N4O7S/c1-7(23)5-28-22-12(25)8(15(22,2)3)4-10(24)11(9-6-30-14(19)20-9)21-29-16(17,18)13(26)27/h6,8H,4-5H2,1-3H3,(H2,19,20)(H,26,27)/b21-11-/t8-/m1/s1. The molecule has 0 bridgehead atoms. The van der Waals surface area contributed by atoms with E-state index in [4.69, 9.17) is 15.7 Å². The van der Waals surface area contributed by atoms with Gasteiger partial charge in [0.25, 0.3) is 5.91 Å². The number of alkyl halides is 2. The molecule has 164 valence electrons. The number of halogens is 2. The van der Waals surface area contributed by atoms with E-state index in [1.165, 1.54) is 12.3 Å². The number of hydrogen-bond donors (Lipinski definition) is 2. The largest absolute Gasteiger partial charge is 0.521 e. The van der Waals surface area contributed by atoms with E-state index >= 15 is 0 Å². The minimum atomic E-state index is -4.68. The third-order valence-electron chi connectivity index (χ3n) is 4.19. The van der Waals surface area contributed by atoms with E-state index in [1.807, 2.05) is 0 Å². The SMILES string of the molecule is CC(=O)CON1C(=O)[C@@H](CC(=O)/C(=N\OC(F)(F)C(=O)O)c2csc(N)n2)C1(C)C. The highest BCUT2D eigenvalue weighted by atomic mass is 32.1. The molecular weight excluding hydrogens is 430 g/mol. The summed E-state index contributed by atoms with van der Waals surface area (Å²) in [5.41, 5.74) is 3.57. The normalized spacial score (nSPS) is 18.7. The number of thiazole rings is 1. The molecule has 1 amide bonds. The second-order valence-corrected chi connectivity index (χ2v) is 7.76. The fourth-order valence-electron chi connectivity index (χ4n) is 2.59. The maximum Gasteiger partial charge on any atom is 0.521 e. The van der Waals surface area contributed by atoms with Gasteiger partial charge < -0.3 is 15.7 Å². The van der Waals surface area contributed by atoms with Gasteiger partial charge in [-0.15, -0.1) is 11.3 Å². The van der Waals surface area contributed by atoms with E-state index in [0.29, 0.717) is 0 Å². The molecule has 3 N–H and O–H groups in total. The Morgan fingerprint density at radius 1 is 1.43 bits per heavy atom. The second kappa shape index (κ2) is 8.39. The number of nitrogen functional groups attached to an aromatic ring is 1. The van der Waals surface area contributed by atoms with Crippen LogP contribution in [-0.4, -0.2) is 62.6 Å². The summed E-state index contributed by atoms with van der Waals surface area (Å²) in [7, 11) is 0. The van der Waals surface area contributed by atoms with Gasteiger partial charge in [0.05, 0.1) is 11.5 Å². The maximum atomic E-state index is 13.2. The summed E-state index contributed by atoms with van der Waals surface area (Å²) >= 11 is 0.886. The quantitative estimate of drug-likeness (QED) is 0.300. The lowest BCUT2D eigenvalue weighted by Crippen LogP contribution is -2.68. The highest BCUT2D eigenvalue weighted by molar-refractivity contribution is 7.13. The number of hydroxylamine groups is 2. The van der Waals surface area contributed by atoms with Gasteiger partial charge in [0, 0.05) is 11.8 Å². The first-order valence-electron chi connectivity index (χ1n) is 8.35. The molecule has 1 saturated heterocycles. The molecule has 11 nitrogen and oxygen atoms in total. The number of oxime groups is 1. The van der Waals surface area contributed by atoms with Crippen LogP contribution in [0.3, 0.4) is 0 Å². The minimum Gasteiger partial charge on any atom is -0.474 e. The molecule has 1 atom stereocenters. The molecule has 14 heteroatoms. The van der Waals surface area contributed by atoms with Gasteiger partial charge in [0.1, 0.15) is 12.3 Å². The summed E-state index contributed by atoms with van der Waals surface area (Å²) in [5, 5.41) is 13.6. The summed E-state index contributed by atoms with van der Waals surface area (Å²) in [6, 6.07) is 0. The highest BCUT2D eigenvalue weighted by Crippen LogP contribution is 2.40. The van der Waals surface area contributed by atoms with Crippen molar-refractivity contribution < 1.29 is 42.7 Å². The molecule has 0 aromatic carbocycles. The van der Waals surface area contributed by atoms with Crippen molar-refractivity contribution >= 4 is 45.6 Å². The van der Waals surface area contributed by atoms with Crippen LogP contribution in [0.4, 0.5) is 13.9 Å². The van der Waals surface area contributed by atoms with E-state index in [-0.39, 0.29) is 23.2 Å². The number of carboxylic acids is 1. The number of amides is 1. The summed E-state index contributed by atoms with van der Waals surface area (Å²) in [6.45, 7) is 4.10. The molecule has 0 saturated carbocycles. The Hall–Kier alpha value is -3.00. The number of anilines is 1. The smallest absolute Gasteiger partial charge is 0.474 e. The van der Waals surface area contributed by atoms with E-state index in [9.17, 15) is 28.0 Å². The number of aromatic nitrogens is 1. The lowest BCUT2D eigenvalue weighted by atomic mass is 9.74. The summed E-state index contributed by atoms with van der Waals surface area (Å²) < 4.78 is 26.5. The van der Waals surface area contributed by atoms with Gasteiger partial charge in [-0.1, -0.05) is 5.16 Å². The number of hydrogen-bond acceptors (Lipinski definition) is 10. The van der Waals surface area contributed by atoms with Crippen LogP contribution in [0.2, 0.25) is 0 Å². The number of carbonyl (C=O) groups excluding carboxylic acids is 3. The zero-order valence-corrected chi connectivity index (χ0v) is 16.9. The number of β-lactam (4-membered cyclic amide) rings is 1. The zero-order valence-electron chi connectivity index (χ0n) is 16.0. The zero-order chi connectivity index (χ0) is 22.9. The van der Waals surface area contributed by atoms with Crippen molar-refractivity contribution in [3.63, 3.8) is 0 Å². The average molecular weight is 448 g/mol. The molecule has 0 spiro atoms. The van der Waals surface area contributed by atoms with Crippen LogP contribution in [0, 0.1) is 5.92 Å². The van der Waals surface area contributed by atoms with Gasteiger partial charge >= 0.3 is 12.1 Å². The van der Waals surface area contributed by atoms with Crippen LogP contribution in [0.25, 0.3) is 0 Å². The van der Waals surface area contributed by atoms with Gasteiger partial charge in [-0.05, 0) is 20.8 Å². The Labute approximate surface area is 172 Å². The van der Waals surface area contributed by atoms with Crippen LogP contribution < -0.4 is 5.73 Å².